The number of imide groups is 1. The van der Waals surface area contributed by atoms with Crippen LogP contribution in [0.15, 0.2) is 35.9 Å². The minimum absolute atomic E-state index is 0.106. The van der Waals surface area contributed by atoms with Gasteiger partial charge in [0, 0.05) is 25.6 Å². The molecule has 0 saturated carbocycles. The van der Waals surface area contributed by atoms with Gasteiger partial charge in [-0.25, -0.2) is 9.69 Å². The monoisotopic (exact) mass is 492 g/mol. The number of methoxy groups -OCH3 is 1. The van der Waals surface area contributed by atoms with Gasteiger partial charge in [0.15, 0.2) is 0 Å². The molecular weight excluding hydrogens is 456 g/mol. The van der Waals surface area contributed by atoms with Gasteiger partial charge in [0.1, 0.15) is 11.8 Å². The molecule has 0 radical (unpaired) electrons. The van der Waals surface area contributed by atoms with Crippen LogP contribution in [0.3, 0.4) is 0 Å². The fourth-order valence-corrected chi connectivity index (χ4v) is 7.37. The number of benzene rings is 1. The van der Waals surface area contributed by atoms with Crippen molar-refractivity contribution in [1.82, 2.24) is 15.1 Å². The topological polar surface area (TPSA) is 82.2 Å². The Morgan fingerprint density at radius 3 is 2.75 bits per heavy atom. The lowest BCUT2D eigenvalue weighted by Gasteiger charge is -2.54. The molecule has 4 amide bonds. The summed E-state index contributed by atoms with van der Waals surface area (Å²) in [4.78, 5) is 45.1. The van der Waals surface area contributed by atoms with Gasteiger partial charge in [-0.2, -0.15) is 0 Å². The predicted octanol–water partition coefficient (Wildman–Crippen LogP) is 3.32. The van der Waals surface area contributed by atoms with E-state index < -0.39 is 12.1 Å². The van der Waals surface area contributed by atoms with Crippen LogP contribution in [-0.2, 0) is 9.59 Å². The molecule has 1 aliphatic carbocycles. The van der Waals surface area contributed by atoms with Gasteiger partial charge in [-0.3, -0.25) is 14.5 Å². The number of fused-ring (bicyclic) bond motifs is 6. The molecule has 5 atom stereocenters. The number of piperidine rings is 3. The number of likely N-dealkylation sites (tertiary alicyclic amines) is 1. The Hall–Kier alpha value is -2.87. The normalized spacial score (nSPS) is 31.9. The molecule has 192 valence electrons. The first-order valence-electron chi connectivity index (χ1n) is 13.6. The average molecular weight is 493 g/mol. The fourth-order valence-electron chi connectivity index (χ4n) is 7.37. The molecule has 1 aromatic rings. The summed E-state index contributed by atoms with van der Waals surface area (Å²) >= 11 is 0. The summed E-state index contributed by atoms with van der Waals surface area (Å²) in [6, 6.07) is 6.61. The Morgan fingerprint density at radius 2 is 1.94 bits per heavy atom. The van der Waals surface area contributed by atoms with Crippen molar-refractivity contribution < 1.29 is 19.1 Å². The lowest BCUT2D eigenvalue weighted by Crippen LogP contribution is -2.60. The van der Waals surface area contributed by atoms with E-state index in [9.17, 15) is 14.4 Å². The van der Waals surface area contributed by atoms with Crippen LogP contribution in [0.25, 0.3) is 0 Å². The summed E-state index contributed by atoms with van der Waals surface area (Å²) in [7, 11) is 1.57. The number of nitrogens with zero attached hydrogens (tertiary/aromatic N) is 3. The third-order valence-electron chi connectivity index (χ3n) is 8.97. The third-order valence-corrected chi connectivity index (χ3v) is 8.97. The molecule has 0 aromatic heterocycles. The van der Waals surface area contributed by atoms with Gasteiger partial charge in [-0.1, -0.05) is 18.1 Å². The summed E-state index contributed by atoms with van der Waals surface area (Å²) < 4.78 is 5.17. The average Bonchev–Trinajstić information content (AvgIpc) is 3.19. The maximum Gasteiger partial charge on any atom is 0.329 e. The number of ether oxygens (including phenoxy) is 1. The second kappa shape index (κ2) is 9.54. The smallest absolute Gasteiger partial charge is 0.329 e. The van der Waals surface area contributed by atoms with Crippen molar-refractivity contribution in [1.29, 1.82) is 0 Å². The van der Waals surface area contributed by atoms with Crippen molar-refractivity contribution in [2.45, 2.75) is 69.5 Å². The second-order valence-electron chi connectivity index (χ2n) is 11.0. The molecule has 4 aliphatic heterocycles. The van der Waals surface area contributed by atoms with Crippen LogP contribution >= 0.6 is 0 Å². The van der Waals surface area contributed by atoms with Crippen LogP contribution in [0, 0.1) is 11.8 Å². The molecule has 1 N–H and O–H groups in total. The quantitative estimate of drug-likeness (QED) is 0.504. The number of urea groups is 1. The van der Waals surface area contributed by atoms with E-state index in [-0.39, 0.29) is 24.3 Å². The van der Waals surface area contributed by atoms with E-state index in [2.05, 4.69) is 21.2 Å². The highest BCUT2D eigenvalue weighted by atomic mass is 16.5. The second-order valence-corrected chi connectivity index (χ2v) is 11.0. The molecule has 6 rings (SSSR count). The van der Waals surface area contributed by atoms with Gasteiger partial charge < -0.3 is 15.0 Å². The van der Waals surface area contributed by atoms with Crippen molar-refractivity contribution in [3.63, 3.8) is 0 Å². The van der Waals surface area contributed by atoms with E-state index in [4.69, 9.17) is 4.74 Å². The van der Waals surface area contributed by atoms with Gasteiger partial charge in [-0.15, -0.1) is 0 Å². The number of carbonyl (C=O) groups is 3. The Morgan fingerprint density at radius 1 is 1.11 bits per heavy atom. The molecular formula is C28H36N4O4. The van der Waals surface area contributed by atoms with Gasteiger partial charge in [0.05, 0.1) is 18.8 Å². The summed E-state index contributed by atoms with van der Waals surface area (Å²) in [6.45, 7) is 3.07. The number of hydrogen-bond donors (Lipinski definition) is 1. The number of nitrogens with one attached hydrogen (secondary N) is 1. The van der Waals surface area contributed by atoms with Crippen LogP contribution in [0.5, 0.6) is 5.75 Å². The Balaban J connectivity index is 1.12. The zero-order valence-electron chi connectivity index (χ0n) is 21.0. The standard InChI is InChI=1S/C28H36N4O4/c1-36-22-9-7-21(8-10-22)32-27(34)23(29-28(32)35)11-12-25(33)31-14-4-5-18-15-19-16-20(26(18)31)17-30-13-3-2-6-24(19)30/h7-10,15,19-20,23-24,26H,2-6,11-14,16-17H2,1H3,(H,29,35)/t19-,20-,23-,24-,26+/m0/s1. The van der Waals surface area contributed by atoms with E-state index in [0.717, 1.165) is 30.8 Å². The molecule has 5 aliphatic rings. The molecule has 8 nitrogen and oxygen atoms in total. The lowest BCUT2D eigenvalue weighted by molar-refractivity contribution is -0.136. The molecule has 2 bridgehead atoms. The highest BCUT2D eigenvalue weighted by Crippen LogP contribution is 2.45. The number of hydrogen-bond acceptors (Lipinski definition) is 5. The largest absolute Gasteiger partial charge is 0.497 e. The molecule has 4 heterocycles. The SMILES string of the molecule is COc1ccc(N2C(=O)N[C@@H](CCC(=O)N3CCCC4=C[C@H]5C[C@@H](CN6CCCC[C@@H]56)[C@@H]43)C2=O)cc1. The van der Waals surface area contributed by atoms with Gasteiger partial charge >= 0.3 is 6.03 Å². The first-order chi connectivity index (χ1) is 17.5. The van der Waals surface area contributed by atoms with Crippen LogP contribution < -0.4 is 15.0 Å². The van der Waals surface area contributed by atoms with E-state index in [1.165, 1.54) is 37.8 Å². The number of carbonyl (C=O) groups excluding carboxylic acids is 3. The van der Waals surface area contributed by atoms with Gasteiger partial charge in [-0.05, 0) is 81.2 Å². The van der Waals surface area contributed by atoms with Crippen LogP contribution in [-0.4, -0.2) is 72.5 Å². The predicted molar refractivity (Wildman–Crippen MR) is 136 cm³/mol. The molecule has 1 aromatic carbocycles. The first-order valence-corrected chi connectivity index (χ1v) is 13.6. The van der Waals surface area contributed by atoms with E-state index in [1.807, 2.05) is 0 Å². The molecule has 0 unspecified atom stereocenters. The summed E-state index contributed by atoms with van der Waals surface area (Å²) in [5.41, 5.74) is 1.97. The molecule has 0 spiro atoms. The zero-order chi connectivity index (χ0) is 24.8. The summed E-state index contributed by atoms with van der Waals surface area (Å²) in [5.74, 6) is 1.61. The van der Waals surface area contributed by atoms with Crippen molar-refractivity contribution in [3.8, 4) is 5.75 Å². The van der Waals surface area contributed by atoms with Crippen molar-refractivity contribution in [2.24, 2.45) is 11.8 Å². The molecule has 36 heavy (non-hydrogen) atoms. The third kappa shape index (κ3) is 4.09. The maximum absolute atomic E-state index is 13.5. The highest BCUT2D eigenvalue weighted by molar-refractivity contribution is 6.21. The molecule has 4 saturated heterocycles. The molecule has 4 fully saturated rings. The van der Waals surface area contributed by atoms with Crippen LogP contribution in [0.1, 0.15) is 51.4 Å². The maximum atomic E-state index is 13.5. The summed E-state index contributed by atoms with van der Waals surface area (Å²) in [5, 5.41) is 2.78. The Labute approximate surface area is 212 Å². The Kier molecular flexibility index (Phi) is 6.23. The van der Waals surface area contributed by atoms with Crippen molar-refractivity contribution in [3.05, 3.63) is 35.9 Å². The first kappa shape index (κ1) is 23.5. The number of anilines is 1. The molecule has 8 heteroatoms. The number of amides is 4. The lowest BCUT2D eigenvalue weighted by atomic mass is 9.68. The minimum Gasteiger partial charge on any atom is -0.497 e. The fraction of sp³-hybridized carbons (Fsp3) is 0.607. The van der Waals surface area contributed by atoms with E-state index in [1.54, 1.807) is 31.4 Å². The highest BCUT2D eigenvalue weighted by Gasteiger charge is 2.47. The van der Waals surface area contributed by atoms with Crippen molar-refractivity contribution >= 4 is 23.5 Å². The number of rotatable bonds is 5. The summed E-state index contributed by atoms with van der Waals surface area (Å²) in [6.07, 6.45) is 10.3. The minimum atomic E-state index is -0.678. The zero-order valence-corrected chi connectivity index (χ0v) is 21.0. The van der Waals surface area contributed by atoms with Crippen LogP contribution in [0.4, 0.5) is 10.5 Å². The van der Waals surface area contributed by atoms with Crippen molar-refractivity contribution in [2.75, 3.05) is 31.6 Å². The van der Waals surface area contributed by atoms with Gasteiger partial charge in [0.2, 0.25) is 5.91 Å². The van der Waals surface area contributed by atoms with E-state index in [0.29, 0.717) is 35.7 Å². The van der Waals surface area contributed by atoms with Crippen LogP contribution in [0.2, 0.25) is 0 Å². The Bertz CT molecular complexity index is 1070. The van der Waals surface area contributed by atoms with Gasteiger partial charge in [0.25, 0.3) is 5.91 Å². The van der Waals surface area contributed by atoms with E-state index >= 15 is 0 Å².